The number of hydrogen-bond donors (Lipinski definition) is 0. The minimum atomic E-state index is -2.47. The molecule has 0 atom stereocenters. The predicted molar refractivity (Wildman–Crippen MR) is 61.7 cm³/mol. The van der Waals surface area contributed by atoms with Crippen molar-refractivity contribution in [2.45, 2.75) is 20.3 Å². The molecule has 1 rings (SSSR count). The van der Waals surface area contributed by atoms with Crippen molar-refractivity contribution in [1.29, 1.82) is 0 Å². The Kier molecular flexibility index (Phi) is 4.82. The van der Waals surface area contributed by atoms with Crippen LogP contribution >= 0.6 is 0 Å². The van der Waals surface area contributed by atoms with Crippen LogP contribution in [0.4, 0.5) is 8.78 Å². The van der Waals surface area contributed by atoms with Gasteiger partial charge in [-0.1, -0.05) is 24.3 Å². The fraction of sp³-hybridized carbons (Fsp3) is 0.308. The van der Waals surface area contributed by atoms with Gasteiger partial charge in [0.2, 0.25) is 0 Å². The minimum Gasteiger partial charge on any atom is -0.463 e. The van der Waals surface area contributed by atoms with E-state index in [2.05, 4.69) is 0 Å². The van der Waals surface area contributed by atoms with Crippen LogP contribution in [0.1, 0.15) is 31.4 Å². The van der Waals surface area contributed by atoms with Crippen molar-refractivity contribution < 1.29 is 18.3 Å². The van der Waals surface area contributed by atoms with Gasteiger partial charge in [0.1, 0.15) is 0 Å². The molecule has 0 aliphatic carbocycles. The number of hydrogen-bond acceptors (Lipinski definition) is 2. The van der Waals surface area contributed by atoms with Crippen molar-refractivity contribution in [3.8, 4) is 0 Å². The first-order valence-electron chi connectivity index (χ1n) is 5.28. The minimum absolute atomic E-state index is 0.0315. The summed E-state index contributed by atoms with van der Waals surface area (Å²) in [5.41, 5.74) is 1.10. The molecule has 0 fully saturated rings. The standard InChI is InChI=1S/C13H14F2O2/c1-3-17-13(16)9(2)8-10-4-6-11(7-5-10)12(14)15/h4-8,12H,3H2,1-2H3/b9-8+. The number of carbonyl (C=O) groups is 1. The summed E-state index contributed by atoms with van der Waals surface area (Å²) < 4.78 is 29.4. The lowest BCUT2D eigenvalue weighted by atomic mass is 10.1. The van der Waals surface area contributed by atoms with Crippen molar-refractivity contribution in [3.05, 3.63) is 41.0 Å². The van der Waals surface area contributed by atoms with Gasteiger partial charge in [-0.3, -0.25) is 0 Å². The number of ether oxygens (including phenoxy) is 1. The molecule has 17 heavy (non-hydrogen) atoms. The van der Waals surface area contributed by atoms with Gasteiger partial charge in [0.05, 0.1) is 6.61 Å². The molecular weight excluding hydrogens is 226 g/mol. The Labute approximate surface area is 98.9 Å². The molecule has 0 unspecified atom stereocenters. The molecule has 0 saturated carbocycles. The van der Waals surface area contributed by atoms with Crippen LogP contribution in [-0.4, -0.2) is 12.6 Å². The second-order valence-corrected chi connectivity index (χ2v) is 3.52. The summed E-state index contributed by atoms with van der Waals surface area (Å²) >= 11 is 0. The van der Waals surface area contributed by atoms with Crippen LogP contribution in [0.5, 0.6) is 0 Å². The number of carbonyl (C=O) groups excluding carboxylic acids is 1. The van der Waals surface area contributed by atoms with Crippen molar-refractivity contribution in [2.24, 2.45) is 0 Å². The summed E-state index contributed by atoms with van der Waals surface area (Å²) in [5.74, 6) is -0.398. The van der Waals surface area contributed by atoms with Crippen molar-refractivity contribution in [1.82, 2.24) is 0 Å². The molecule has 4 heteroatoms. The highest BCUT2D eigenvalue weighted by Crippen LogP contribution is 2.19. The molecule has 0 spiro atoms. The Bertz CT molecular complexity index is 408. The van der Waals surface area contributed by atoms with Gasteiger partial charge in [0.15, 0.2) is 0 Å². The Morgan fingerprint density at radius 2 is 1.94 bits per heavy atom. The van der Waals surface area contributed by atoms with E-state index in [9.17, 15) is 13.6 Å². The van der Waals surface area contributed by atoms with E-state index in [1.165, 1.54) is 12.1 Å². The lowest BCUT2D eigenvalue weighted by Crippen LogP contribution is -2.04. The van der Waals surface area contributed by atoms with Crippen molar-refractivity contribution >= 4 is 12.0 Å². The maximum atomic E-state index is 12.3. The molecule has 0 amide bonds. The first kappa shape index (κ1) is 13.4. The van der Waals surface area contributed by atoms with Crippen LogP contribution < -0.4 is 0 Å². The Morgan fingerprint density at radius 1 is 1.35 bits per heavy atom. The van der Waals surface area contributed by atoms with E-state index in [1.54, 1.807) is 32.1 Å². The zero-order chi connectivity index (χ0) is 12.8. The van der Waals surface area contributed by atoms with Crippen LogP contribution in [0.3, 0.4) is 0 Å². The summed E-state index contributed by atoms with van der Waals surface area (Å²) in [6, 6.07) is 5.78. The van der Waals surface area contributed by atoms with Gasteiger partial charge >= 0.3 is 5.97 Å². The molecule has 92 valence electrons. The van der Waals surface area contributed by atoms with Gasteiger partial charge in [0, 0.05) is 11.1 Å². The molecule has 0 aromatic heterocycles. The van der Waals surface area contributed by atoms with Gasteiger partial charge in [-0.25, -0.2) is 13.6 Å². The molecule has 0 bridgehead atoms. The fourth-order valence-corrected chi connectivity index (χ4v) is 1.29. The largest absolute Gasteiger partial charge is 0.463 e. The summed E-state index contributed by atoms with van der Waals surface area (Å²) in [6.45, 7) is 3.66. The maximum Gasteiger partial charge on any atom is 0.333 e. The van der Waals surface area contributed by atoms with Crippen LogP contribution in [0.25, 0.3) is 6.08 Å². The summed E-state index contributed by atoms with van der Waals surface area (Å²) in [7, 11) is 0. The molecular formula is C13H14F2O2. The van der Waals surface area contributed by atoms with Crippen LogP contribution in [0, 0.1) is 0 Å². The van der Waals surface area contributed by atoms with Crippen molar-refractivity contribution in [3.63, 3.8) is 0 Å². The first-order chi connectivity index (χ1) is 8.04. The number of alkyl halides is 2. The molecule has 1 aromatic carbocycles. The molecule has 0 saturated heterocycles. The molecule has 0 heterocycles. The summed E-state index contributed by atoms with van der Waals surface area (Å²) in [4.78, 5) is 11.3. The van der Waals surface area contributed by atoms with E-state index in [1.807, 2.05) is 0 Å². The number of halogens is 2. The van der Waals surface area contributed by atoms with E-state index in [4.69, 9.17) is 4.74 Å². The number of benzene rings is 1. The smallest absolute Gasteiger partial charge is 0.333 e. The third kappa shape index (κ3) is 3.98. The van der Waals surface area contributed by atoms with Crippen molar-refractivity contribution in [2.75, 3.05) is 6.61 Å². The lowest BCUT2D eigenvalue weighted by Gasteiger charge is -2.03. The fourth-order valence-electron chi connectivity index (χ4n) is 1.29. The molecule has 0 N–H and O–H groups in total. The van der Waals surface area contributed by atoms with Gasteiger partial charge in [0.25, 0.3) is 6.43 Å². The molecule has 0 radical (unpaired) electrons. The molecule has 0 aliphatic rings. The monoisotopic (exact) mass is 240 g/mol. The Morgan fingerprint density at radius 3 is 2.41 bits per heavy atom. The topological polar surface area (TPSA) is 26.3 Å². The summed E-state index contributed by atoms with van der Waals surface area (Å²) in [5, 5.41) is 0. The zero-order valence-electron chi connectivity index (χ0n) is 9.74. The van der Waals surface area contributed by atoms with Crippen LogP contribution in [-0.2, 0) is 9.53 Å². The van der Waals surface area contributed by atoms with E-state index in [-0.39, 0.29) is 5.56 Å². The lowest BCUT2D eigenvalue weighted by molar-refractivity contribution is -0.138. The predicted octanol–water partition coefficient (Wildman–Crippen LogP) is 3.59. The SMILES string of the molecule is CCOC(=O)/C(C)=C/c1ccc(C(F)F)cc1. The Balaban J connectivity index is 2.80. The number of rotatable bonds is 4. The zero-order valence-corrected chi connectivity index (χ0v) is 9.74. The highest BCUT2D eigenvalue weighted by molar-refractivity contribution is 5.92. The second-order valence-electron chi connectivity index (χ2n) is 3.52. The van der Waals surface area contributed by atoms with Crippen LogP contribution in [0.2, 0.25) is 0 Å². The highest BCUT2D eigenvalue weighted by Gasteiger charge is 2.07. The number of esters is 1. The van der Waals surface area contributed by atoms with E-state index in [0.29, 0.717) is 17.7 Å². The second kappa shape index (κ2) is 6.13. The quantitative estimate of drug-likeness (QED) is 0.593. The van der Waals surface area contributed by atoms with Gasteiger partial charge in [-0.2, -0.15) is 0 Å². The van der Waals surface area contributed by atoms with Crippen LogP contribution in [0.15, 0.2) is 29.8 Å². The van der Waals surface area contributed by atoms with Gasteiger partial charge < -0.3 is 4.74 Å². The van der Waals surface area contributed by atoms with Gasteiger partial charge in [-0.15, -0.1) is 0 Å². The first-order valence-corrected chi connectivity index (χ1v) is 5.28. The third-order valence-electron chi connectivity index (χ3n) is 2.17. The average molecular weight is 240 g/mol. The van der Waals surface area contributed by atoms with E-state index in [0.717, 1.165) is 0 Å². The molecule has 0 aliphatic heterocycles. The highest BCUT2D eigenvalue weighted by atomic mass is 19.3. The Hall–Kier alpha value is -1.71. The molecule has 1 aromatic rings. The van der Waals surface area contributed by atoms with E-state index < -0.39 is 12.4 Å². The normalized spacial score (nSPS) is 11.7. The maximum absolute atomic E-state index is 12.3. The molecule has 2 nitrogen and oxygen atoms in total. The third-order valence-corrected chi connectivity index (χ3v) is 2.17. The van der Waals surface area contributed by atoms with E-state index >= 15 is 0 Å². The average Bonchev–Trinajstić information content (AvgIpc) is 2.30. The van der Waals surface area contributed by atoms with Gasteiger partial charge in [-0.05, 0) is 25.5 Å². The summed E-state index contributed by atoms with van der Waals surface area (Å²) in [6.07, 6.45) is -0.869.